The first kappa shape index (κ1) is 29.9. The van der Waals surface area contributed by atoms with Crippen LogP contribution in [-0.2, 0) is 19.1 Å². The van der Waals surface area contributed by atoms with Crippen LogP contribution in [0.2, 0.25) is 0 Å². The Bertz CT molecular complexity index is 439. The summed E-state index contributed by atoms with van der Waals surface area (Å²) in [6.45, 7) is 7.25. The molecule has 0 aliphatic carbocycles. The van der Waals surface area contributed by atoms with Crippen LogP contribution in [0.4, 0.5) is 0 Å². The van der Waals surface area contributed by atoms with Crippen molar-refractivity contribution in [3.8, 4) is 0 Å². The normalized spacial score (nSPS) is 13.2. The third kappa shape index (κ3) is 20.6. The summed E-state index contributed by atoms with van der Waals surface area (Å²) < 4.78 is 10.8. The van der Waals surface area contributed by atoms with Gasteiger partial charge in [0.2, 0.25) is 0 Å². The number of hydrogen-bond donors (Lipinski definition) is 0. The first-order chi connectivity index (χ1) is 14.9. The summed E-state index contributed by atoms with van der Waals surface area (Å²) in [5, 5.41) is 0. The predicted molar refractivity (Wildman–Crippen MR) is 129 cm³/mol. The second kappa shape index (κ2) is 20.8. The van der Waals surface area contributed by atoms with Crippen LogP contribution in [0.1, 0.15) is 117 Å². The quantitative estimate of drug-likeness (QED) is 0.150. The van der Waals surface area contributed by atoms with E-state index in [1.807, 2.05) is 19.0 Å². The van der Waals surface area contributed by atoms with Crippen LogP contribution in [0, 0.1) is 5.92 Å². The SMILES string of the molecule is CCCCCCCCCC(CCCCC)CC(=O)OCC(C)OC(=O)CCCN(C)C. The molecule has 0 saturated heterocycles. The Balaban J connectivity index is 4.13. The highest BCUT2D eigenvalue weighted by Crippen LogP contribution is 2.22. The molecule has 0 aliphatic rings. The van der Waals surface area contributed by atoms with Gasteiger partial charge in [0, 0.05) is 12.8 Å². The lowest BCUT2D eigenvalue weighted by atomic mass is 9.92. The molecule has 0 spiro atoms. The third-order valence-electron chi connectivity index (χ3n) is 5.69. The minimum atomic E-state index is -0.391. The monoisotopic (exact) mass is 441 g/mol. The minimum absolute atomic E-state index is 0.150. The topological polar surface area (TPSA) is 55.8 Å². The average Bonchev–Trinajstić information content (AvgIpc) is 2.71. The fraction of sp³-hybridized carbons (Fsp3) is 0.923. The van der Waals surface area contributed by atoms with Crippen molar-refractivity contribution >= 4 is 11.9 Å². The second-order valence-electron chi connectivity index (χ2n) is 9.37. The van der Waals surface area contributed by atoms with Crippen molar-refractivity contribution in [3.05, 3.63) is 0 Å². The van der Waals surface area contributed by atoms with Gasteiger partial charge in [0.05, 0.1) is 0 Å². The number of rotatable bonds is 21. The summed E-state index contributed by atoms with van der Waals surface area (Å²) in [4.78, 5) is 26.3. The summed E-state index contributed by atoms with van der Waals surface area (Å²) in [6, 6.07) is 0. The lowest BCUT2D eigenvalue weighted by molar-refractivity contribution is -0.158. The summed E-state index contributed by atoms with van der Waals surface area (Å²) >= 11 is 0. The fourth-order valence-corrected chi connectivity index (χ4v) is 3.78. The summed E-state index contributed by atoms with van der Waals surface area (Å²) in [7, 11) is 3.97. The molecule has 0 saturated carbocycles. The number of carbonyl (C=O) groups is 2. The zero-order chi connectivity index (χ0) is 23.3. The summed E-state index contributed by atoms with van der Waals surface area (Å²) in [6.07, 6.45) is 16.2. The van der Waals surface area contributed by atoms with E-state index in [1.54, 1.807) is 6.92 Å². The van der Waals surface area contributed by atoms with E-state index in [2.05, 4.69) is 13.8 Å². The molecule has 0 amide bonds. The molecule has 0 aromatic carbocycles. The number of unbranched alkanes of at least 4 members (excludes halogenated alkanes) is 8. The van der Waals surface area contributed by atoms with Crippen molar-refractivity contribution in [3.63, 3.8) is 0 Å². The van der Waals surface area contributed by atoms with Gasteiger partial charge in [-0.3, -0.25) is 9.59 Å². The molecular weight excluding hydrogens is 390 g/mol. The zero-order valence-electron chi connectivity index (χ0n) is 21.3. The van der Waals surface area contributed by atoms with Crippen LogP contribution in [-0.4, -0.2) is 50.2 Å². The van der Waals surface area contributed by atoms with Gasteiger partial charge >= 0.3 is 11.9 Å². The Morgan fingerprint density at radius 2 is 1.32 bits per heavy atom. The van der Waals surface area contributed by atoms with Crippen molar-refractivity contribution in [1.82, 2.24) is 4.90 Å². The molecule has 31 heavy (non-hydrogen) atoms. The fourth-order valence-electron chi connectivity index (χ4n) is 3.78. The maximum Gasteiger partial charge on any atom is 0.306 e. The van der Waals surface area contributed by atoms with E-state index in [0.717, 1.165) is 25.8 Å². The van der Waals surface area contributed by atoms with E-state index < -0.39 is 6.10 Å². The predicted octanol–water partition coefficient (Wildman–Crippen LogP) is 6.53. The van der Waals surface area contributed by atoms with Crippen LogP contribution in [0.5, 0.6) is 0 Å². The number of nitrogens with zero attached hydrogens (tertiary/aromatic N) is 1. The van der Waals surface area contributed by atoms with E-state index in [9.17, 15) is 9.59 Å². The molecule has 0 rings (SSSR count). The molecule has 0 aliphatic heterocycles. The van der Waals surface area contributed by atoms with Gasteiger partial charge in [0.1, 0.15) is 12.7 Å². The lowest BCUT2D eigenvalue weighted by Crippen LogP contribution is -2.24. The summed E-state index contributed by atoms with van der Waals surface area (Å²) in [5.74, 6) is 0.0420. The van der Waals surface area contributed by atoms with Crippen LogP contribution in [0.3, 0.4) is 0 Å². The Morgan fingerprint density at radius 1 is 0.774 bits per heavy atom. The Morgan fingerprint density at radius 3 is 1.94 bits per heavy atom. The van der Waals surface area contributed by atoms with Crippen molar-refractivity contribution in [1.29, 1.82) is 0 Å². The molecule has 0 radical (unpaired) electrons. The number of hydrogen-bond acceptors (Lipinski definition) is 5. The highest BCUT2D eigenvalue weighted by molar-refractivity contribution is 5.70. The lowest BCUT2D eigenvalue weighted by Gasteiger charge is -2.18. The molecule has 5 nitrogen and oxygen atoms in total. The van der Waals surface area contributed by atoms with Crippen LogP contribution < -0.4 is 0 Å². The van der Waals surface area contributed by atoms with Gasteiger partial charge in [-0.1, -0.05) is 78.1 Å². The third-order valence-corrected chi connectivity index (χ3v) is 5.69. The van der Waals surface area contributed by atoms with Gasteiger partial charge in [0.15, 0.2) is 0 Å². The van der Waals surface area contributed by atoms with Crippen LogP contribution in [0.15, 0.2) is 0 Å². The van der Waals surface area contributed by atoms with Gasteiger partial charge in [0.25, 0.3) is 0 Å². The Kier molecular flexibility index (Phi) is 20.0. The number of esters is 2. The van der Waals surface area contributed by atoms with E-state index in [-0.39, 0.29) is 18.5 Å². The molecule has 184 valence electrons. The Hall–Kier alpha value is -1.10. The standard InChI is InChI=1S/C26H51NO4/c1-6-8-10-11-12-13-15-18-24(17-14-9-7-2)21-26(29)30-22-23(3)31-25(28)19-16-20-27(4)5/h23-24H,6-22H2,1-5H3. The molecule has 0 aromatic rings. The van der Waals surface area contributed by atoms with Crippen molar-refractivity contribution in [2.45, 2.75) is 123 Å². The minimum Gasteiger partial charge on any atom is -0.462 e. The average molecular weight is 442 g/mol. The molecule has 0 fully saturated rings. The maximum atomic E-state index is 12.4. The van der Waals surface area contributed by atoms with Crippen molar-refractivity contribution in [2.24, 2.45) is 5.92 Å². The first-order valence-electron chi connectivity index (χ1n) is 12.9. The van der Waals surface area contributed by atoms with E-state index >= 15 is 0 Å². The first-order valence-corrected chi connectivity index (χ1v) is 12.9. The van der Waals surface area contributed by atoms with E-state index in [0.29, 0.717) is 18.8 Å². The van der Waals surface area contributed by atoms with Crippen molar-refractivity contribution < 1.29 is 19.1 Å². The number of ether oxygens (including phenoxy) is 2. The molecule has 0 aromatic heterocycles. The van der Waals surface area contributed by atoms with Gasteiger partial charge < -0.3 is 14.4 Å². The number of carbonyl (C=O) groups excluding carboxylic acids is 2. The van der Waals surface area contributed by atoms with E-state index in [1.165, 1.54) is 64.2 Å². The molecule has 2 atom stereocenters. The Labute approximate surface area is 192 Å². The van der Waals surface area contributed by atoms with Crippen LogP contribution in [0.25, 0.3) is 0 Å². The molecule has 0 N–H and O–H groups in total. The molecule has 0 bridgehead atoms. The van der Waals surface area contributed by atoms with Crippen molar-refractivity contribution in [2.75, 3.05) is 27.2 Å². The smallest absolute Gasteiger partial charge is 0.306 e. The van der Waals surface area contributed by atoms with Gasteiger partial charge in [-0.15, -0.1) is 0 Å². The second-order valence-corrected chi connectivity index (χ2v) is 9.37. The maximum absolute atomic E-state index is 12.4. The summed E-state index contributed by atoms with van der Waals surface area (Å²) in [5.41, 5.74) is 0. The largest absolute Gasteiger partial charge is 0.462 e. The molecular formula is C26H51NO4. The van der Waals surface area contributed by atoms with Gasteiger partial charge in [-0.25, -0.2) is 0 Å². The van der Waals surface area contributed by atoms with Gasteiger partial charge in [-0.05, 0) is 52.7 Å². The molecule has 5 heteroatoms. The van der Waals surface area contributed by atoms with Crippen LogP contribution >= 0.6 is 0 Å². The molecule has 0 heterocycles. The molecule has 2 unspecified atom stereocenters. The highest BCUT2D eigenvalue weighted by Gasteiger charge is 2.17. The van der Waals surface area contributed by atoms with Gasteiger partial charge in [-0.2, -0.15) is 0 Å². The zero-order valence-corrected chi connectivity index (χ0v) is 21.3. The highest BCUT2D eigenvalue weighted by atomic mass is 16.6. The van der Waals surface area contributed by atoms with E-state index in [4.69, 9.17) is 9.47 Å².